The maximum absolute atomic E-state index is 11.8. The van der Waals surface area contributed by atoms with E-state index in [1.807, 2.05) is 20.8 Å². The minimum atomic E-state index is -0.828. The van der Waals surface area contributed by atoms with Crippen molar-refractivity contribution < 1.29 is 19.4 Å². The van der Waals surface area contributed by atoms with Crippen molar-refractivity contribution in [2.75, 3.05) is 20.2 Å². The van der Waals surface area contributed by atoms with Gasteiger partial charge in [-0.05, 0) is 33.6 Å². The minimum Gasteiger partial charge on any atom is -0.444 e. The summed E-state index contributed by atoms with van der Waals surface area (Å²) in [5, 5.41) is 15.7. The quantitative estimate of drug-likeness (QED) is 0.652. The van der Waals surface area contributed by atoms with E-state index in [1.54, 1.807) is 0 Å². The number of methoxy groups -OCH3 is 1. The number of carbonyl (C=O) groups is 1. The average molecular weight is 302 g/mol. The summed E-state index contributed by atoms with van der Waals surface area (Å²) >= 11 is 0. The van der Waals surface area contributed by atoms with Crippen LogP contribution in [0.5, 0.6) is 0 Å². The van der Waals surface area contributed by atoms with Gasteiger partial charge in [-0.1, -0.05) is 19.3 Å². The van der Waals surface area contributed by atoms with E-state index in [0.29, 0.717) is 13.1 Å². The smallest absolute Gasteiger partial charge is 0.407 e. The summed E-state index contributed by atoms with van der Waals surface area (Å²) in [7, 11) is 1.47. The van der Waals surface area contributed by atoms with Crippen LogP contribution in [-0.4, -0.2) is 48.8 Å². The molecule has 124 valence electrons. The lowest BCUT2D eigenvalue weighted by Crippen LogP contribution is -2.56. The van der Waals surface area contributed by atoms with Crippen molar-refractivity contribution in [2.24, 2.45) is 0 Å². The van der Waals surface area contributed by atoms with Gasteiger partial charge in [0, 0.05) is 25.7 Å². The molecule has 3 N–H and O–H groups in total. The van der Waals surface area contributed by atoms with Crippen LogP contribution < -0.4 is 10.6 Å². The summed E-state index contributed by atoms with van der Waals surface area (Å²) < 4.78 is 10.1. The van der Waals surface area contributed by atoms with Crippen LogP contribution >= 0.6 is 0 Å². The average Bonchev–Trinajstić information content (AvgIpc) is 2.42. The number of aliphatic hydroxyl groups is 1. The van der Waals surface area contributed by atoms with Crippen molar-refractivity contribution in [3.8, 4) is 0 Å². The number of β-amino-alcohol motifs (C(OH)–C–C–N with tert-alkyl or cyclic N) is 1. The molecule has 0 saturated heterocycles. The van der Waals surface area contributed by atoms with E-state index >= 15 is 0 Å². The van der Waals surface area contributed by atoms with Gasteiger partial charge in [-0.25, -0.2) is 4.79 Å². The molecule has 1 fully saturated rings. The Morgan fingerprint density at radius 1 is 1.29 bits per heavy atom. The van der Waals surface area contributed by atoms with E-state index in [9.17, 15) is 9.90 Å². The van der Waals surface area contributed by atoms with Gasteiger partial charge >= 0.3 is 6.09 Å². The maximum Gasteiger partial charge on any atom is 0.407 e. The second-order valence-corrected chi connectivity index (χ2v) is 6.77. The summed E-state index contributed by atoms with van der Waals surface area (Å²) in [6.07, 6.45) is 4.16. The molecule has 0 bridgehead atoms. The number of aliphatic hydroxyl groups excluding tert-OH is 1. The van der Waals surface area contributed by atoms with Gasteiger partial charge in [-0.2, -0.15) is 0 Å². The molecule has 6 nitrogen and oxygen atoms in total. The van der Waals surface area contributed by atoms with E-state index < -0.39 is 18.0 Å². The fourth-order valence-corrected chi connectivity index (χ4v) is 2.59. The molecule has 1 aliphatic carbocycles. The third-order valence-corrected chi connectivity index (χ3v) is 3.70. The van der Waals surface area contributed by atoms with Crippen molar-refractivity contribution in [1.82, 2.24) is 10.6 Å². The van der Waals surface area contributed by atoms with Crippen LogP contribution in [-0.2, 0) is 9.47 Å². The lowest BCUT2D eigenvalue weighted by atomic mass is 9.81. The van der Waals surface area contributed by atoms with Gasteiger partial charge in [0.05, 0.1) is 0 Å². The minimum absolute atomic E-state index is 0.186. The molecule has 0 aromatic rings. The van der Waals surface area contributed by atoms with Gasteiger partial charge in [0.1, 0.15) is 5.60 Å². The maximum atomic E-state index is 11.8. The Balaban J connectivity index is 2.51. The summed E-state index contributed by atoms with van der Waals surface area (Å²) in [5.74, 6) is 0. The summed E-state index contributed by atoms with van der Waals surface area (Å²) in [4.78, 5) is 11.8. The van der Waals surface area contributed by atoms with Gasteiger partial charge < -0.3 is 25.2 Å². The Labute approximate surface area is 127 Å². The number of amides is 1. The van der Waals surface area contributed by atoms with Crippen molar-refractivity contribution >= 4 is 6.09 Å². The molecular weight excluding hydrogens is 272 g/mol. The lowest BCUT2D eigenvalue weighted by Gasteiger charge is -2.39. The highest BCUT2D eigenvalue weighted by Gasteiger charge is 2.33. The van der Waals surface area contributed by atoms with E-state index in [2.05, 4.69) is 10.6 Å². The van der Waals surface area contributed by atoms with Gasteiger partial charge in [-0.15, -0.1) is 0 Å². The monoisotopic (exact) mass is 302 g/mol. The third-order valence-electron chi connectivity index (χ3n) is 3.70. The number of carbonyl (C=O) groups excluding carboxylic acids is 1. The highest BCUT2D eigenvalue weighted by Crippen LogP contribution is 2.27. The standard InChI is InChI=1S/C15H30N2O4/c1-14(2,3)21-13(19)16-11-15(8-6-5-7-9-15)17-10-12(18)20-4/h12,17-18H,5-11H2,1-4H3,(H,16,19). The summed E-state index contributed by atoms with van der Waals surface area (Å²) in [6, 6.07) is 0. The highest BCUT2D eigenvalue weighted by atomic mass is 16.6. The SMILES string of the molecule is COC(O)CNC1(CNC(=O)OC(C)(C)C)CCCCC1. The summed E-state index contributed by atoms with van der Waals surface area (Å²) in [5.41, 5.74) is -0.682. The van der Waals surface area contributed by atoms with Crippen LogP contribution in [0, 0.1) is 0 Å². The molecule has 0 heterocycles. The Morgan fingerprint density at radius 2 is 1.90 bits per heavy atom. The molecule has 1 aliphatic rings. The molecule has 1 rings (SSSR count). The molecule has 0 aliphatic heterocycles. The largest absolute Gasteiger partial charge is 0.444 e. The number of hydrogen-bond acceptors (Lipinski definition) is 5. The molecule has 0 spiro atoms. The fourth-order valence-electron chi connectivity index (χ4n) is 2.59. The molecular formula is C15H30N2O4. The van der Waals surface area contributed by atoms with E-state index in [-0.39, 0.29) is 5.54 Å². The molecule has 0 radical (unpaired) electrons. The number of alkyl carbamates (subject to hydrolysis) is 1. The van der Waals surface area contributed by atoms with Gasteiger partial charge in [0.15, 0.2) is 6.29 Å². The summed E-state index contributed by atoms with van der Waals surface area (Å²) in [6.45, 7) is 6.38. The first-order valence-corrected chi connectivity index (χ1v) is 7.69. The van der Waals surface area contributed by atoms with Crippen molar-refractivity contribution in [3.63, 3.8) is 0 Å². The number of hydrogen-bond donors (Lipinski definition) is 3. The second-order valence-electron chi connectivity index (χ2n) is 6.77. The van der Waals surface area contributed by atoms with Gasteiger partial charge in [0.25, 0.3) is 0 Å². The first-order valence-electron chi connectivity index (χ1n) is 7.69. The first-order chi connectivity index (χ1) is 9.76. The van der Waals surface area contributed by atoms with Crippen LogP contribution in [0.2, 0.25) is 0 Å². The topological polar surface area (TPSA) is 79.8 Å². The molecule has 0 aromatic heterocycles. The molecule has 1 atom stereocenters. The van der Waals surface area contributed by atoms with E-state index in [0.717, 1.165) is 25.7 Å². The number of rotatable bonds is 6. The lowest BCUT2D eigenvalue weighted by molar-refractivity contribution is -0.0757. The van der Waals surface area contributed by atoms with E-state index in [1.165, 1.54) is 13.5 Å². The van der Waals surface area contributed by atoms with Crippen molar-refractivity contribution in [2.45, 2.75) is 70.3 Å². The molecule has 21 heavy (non-hydrogen) atoms. The van der Waals surface area contributed by atoms with Gasteiger partial charge in [0.2, 0.25) is 0 Å². The van der Waals surface area contributed by atoms with Crippen LogP contribution in [0.25, 0.3) is 0 Å². The Hall–Kier alpha value is -0.850. The fraction of sp³-hybridized carbons (Fsp3) is 0.933. The van der Waals surface area contributed by atoms with Crippen LogP contribution in [0.15, 0.2) is 0 Å². The molecule has 0 aromatic carbocycles. The van der Waals surface area contributed by atoms with Crippen LogP contribution in [0.3, 0.4) is 0 Å². The third kappa shape index (κ3) is 7.11. The normalized spacial score (nSPS) is 19.9. The van der Waals surface area contributed by atoms with Crippen molar-refractivity contribution in [3.05, 3.63) is 0 Å². The van der Waals surface area contributed by atoms with Crippen LogP contribution in [0.4, 0.5) is 4.79 Å². The van der Waals surface area contributed by atoms with Crippen LogP contribution in [0.1, 0.15) is 52.9 Å². The molecule has 1 saturated carbocycles. The van der Waals surface area contributed by atoms with Crippen molar-refractivity contribution in [1.29, 1.82) is 0 Å². The molecule has 6 heteroatoms. The molecule has 1 amide bonds. The number of ether oxygens (including phenoxy) is 2. The zero-order valence-corrected chi connectivity index (χ0v) is 13.7. The second kappa shape index (κ2) is 7.96. The highest BCUT2D eigenvalue weighted by molar-refractivity contribution is 5.67. The first kappa shape index (κ1) is 18.2. The predicted molar refractivity (Wildman–Crippen MR) is 81.1 cm³/mol. The zero-order valence-electron chi connectivity index (χ0n) is 13.7. The Kier molecular flexibility index (Phi) is 6.90. The molecule has 1 unspecified atom stereocenters. The zero-order chi connectivity index (χ0) is 15.9. The number of nitrogens with one attached hydrogen (secondary N) is 2. The Morgan fingerprint density at radius 3 is 2.43 bits per heavy atom. The Bertz CT molecular complexity index is 322. The van der Waals surface area contributed by atoms with E-state index in [4.69, 9.17) is 9.47 Å². The van der Waals surface area contributed by atoms with Gasteiger partial charge in [-0.3, -0.25) is 0 Å². The predicted octanol–water partition coefficient (Wildman–Crippen LogP) is 1.77.